The summed E-state index contributed by atoms with van der Waals surface area (Å²) in [5.41, 5.74) is 8.41. The summed E-state index contributed by atoms with van der Waals surface area (Å²) >= 11 is 0. The summed E-state index contributed by atoms with van der Waals surface area (Å²) in [5.74, 6) is 1.07. The van der Waals surface area contributed by atoms with Gasteiger partial charge < -0.3 is 15.6 Å². The Morgan fingerprint density at radius 2 is 1.71 bits per heavy atom. The molecule has 0 radical (unpaired) electrons. The van der Waals surface area contributed by atoms with Gasteiger partial charge >= 0.3 is 0 Å². The van der Waals surface area contributed by atoms with Crippen LogP contribution >= 0.6 is 0 Å². The molecule has 0 bridgehead atoms. The third-order valence-corrected chi connectivity index (χ3v) is 2.72. The molecule has 3 heteroatoms. The van der Waals surface area contributed by atoms with Crippen molar-refractivity contribution in [3.8, 4) is 22.6 Å². The lowest BCUT2D eigenvalue weighted by Gasteiger charge is -2.07. The van der Waals surface area contributed by atoms with Gasteiger partial charge in [0.1, 0.15) is 11.5 Å². The van der Waals surface area contributed by atoms with Gasteiger partial charge in [0.25, 0.3) is 0 Å². The minimum absolute atomic E-state index is 0.241. The van der Waals surface area contributed by atoms with Gasteiger partial charge in [-0.05, 0) is 35.4 Å². The van der Waals surface area contributed by atoms with E-state index in [-0.39, 0.29) is 5.75 Å². The molecule has 0 aliphatic rings. The van der Waals surface area contributed by atoms with Crippen LogP contribution in [0.25, 0.3) is 11.1 Å². The SMILES string of the molecule is COc1ccc(-c2ccc(O)c(CN)c2)cc1. The number of phenols is 1. The Morgan fingerprint density at radius 3 is 2.29 bits per heavy atom. The number of nitrogens with two attached hydrogens (primary N) is 1. The molecular formula is C14H15NO2. The Hall–Kier alpha value is -2.00. The van der Waals surface area contributed by atoms with Crippen LogP contribution in [0.3, 0.4) is 0 Å². The molecule has 3 nitrogen and oxygen atoms in total. The molecule has 0 amide bonds. The first-order valence-electron chi connectivity index (χ1n) is 5.41. The number of aromatic hydroxyl groups is 1. The average Bonchev–Trinajstić information content (AvgIpc) is 2.39. The van der Waals surface area contributed by atoms with Gasteiger partial charge in [-0.2, -0.15) is 0 Å². The third kappa shape index (κ3) is 2.40. The van der Waals surface area contributed by atoms with Crippen LogP contribution in [0.15, 0.2) is 42.5 Å². The molecule has 17 heavy (non-hydrogen) atoms. The van der Waals surface area contributed by atoms with Crippen molar-refractivity contribution >= 4 is 0 Å². The molecule has 0 atom stereocenters. The first-order valence-corrected chi connectivity index (χ1v) is 5.41. The predicted octanol–water partition coefficient (Wildman–Crippen LogP) is 2.53. The minimum atomic E-state index is 0.241. The van der Waals surface area contributed by atoms with E-state index in [1.54, 1.807) is 13.2 Å². The number of rotatable bonds is 3. The van der Waals surface area contributed by atoms with Crippen molar-refractivity contribution in [2.24, 2.45) is 5.73 Å². The third-order valence-electron chi connectivity index (χ3n) is 2.72. The maximum Gasteiger partial charge on any atom is 0.120 e. The van der Waals surface area contributed by atoms with Crippen molar-refractivity contribution in [3.63, 3.8) is 0 Å². The van der Waals surface area contributed by atoms with Crippen molar-refractivity contribution in [1.29, 1.82) is 0 Å². The largest absolute Gasteiger partial charge is 0.508 e. The molecule has 0 unspecified atom stereocenters. The van der Waals surface area contributed by atoms with E-state index in [0.717, 1.165) is 22.4 Å². The highest BCUT2D eigenvalue weighted by Crippen LogP contribution is 2.26. The molecule has 0 saturated carbocycles. The smallest absolute Gasteiger partial charge is 0.120 e. The highest BCUT2D eigenvalue weighted by molar-refractivity contribution is 5.66. The molecule has 2 rings (SSSR count). The highest BCUT2D eigenvalue weighted by Gasteiger charge is 2.03. The number of hydrogen-bond acceptors (Lipinski definition) is 3. The van der Waals surface area contributed by atoms with E-state index in [1.165, 1.54) is 0 Å². The first kappa shape index (κ1) is 11.5. The van der Waals surface area contributed by atoms with Gasteiger partial charge in [0, 0.05) is 12.1 Å². The minimum Gasteiger partial charge on any atom is -0.508 e. The fraction of sp³-hybridized carbons (Fsp3) is 0.143. The topological polar surface area (TPSA) is 55.5 Å². The maximum atomic E-state index is 9.56. The van der Waals surface area contributed by atoms with Crippen LogP contribution in [0.5, 0.6) is 11.5 Å². The van der Waals surface area contributed by atoms with Crippen molar-refractivity contribution in [1.82, 2.24) is 0 Å². The van der Waals surface area contributed by atoms with Crippen molar-refractivity contribution in [2.45, 2.75) is 6.54 Å². The lowest BCUT2D eigenvalue weighted by atomic mass is 10.0. The average molecular weight is 229 g/mol. The Bertz CT molecular complexity index is 506. The van der Waals surface area contributed by atoms with E-state index in [9.17, 15) is 5.11 Å². The van der Waals surface area contributed by atoms with E-state index < -0.39 is 0 Å². The monoisotopic (exact) mass is 229 g/mol. The normalized spacial score (nSPS) is 10.2. The summed E-state index contributed by atoms with van der Waals surface area (Å²) in [4.78, 5) is 0. The first-order chi connectivity index (χ1) is 8.24. The molecule has 0 spiro atoms. The summed E-state index contributed by atoms with van der Waals surface area (Å²) in [6, 6.07) is 13.2. The molecule has 0 aliphatic heterocycles. The summed E-state index contributed by atoms with van der Waals surface area (Å²) in [5, 5.41) is 9.56. The zero-order valence-corrected chi connectivity index (χ0v) is 9.68. The van der Waals surface area contributed by atoms with Gasteiger partial charge in [-0.3, -0.25) is 0 Å². The molecule has 2 aromatic carbocycles. The van der Waals surface area contributed by atoms with E-state index in [1.807, 2.05) is 36.4 Å². The summed E-state index contributed by atoms with van der Waals surface area (Å²) in [6.45, 7) is 0.329. The predicted molar refractivity (Wildman–Crippen MR) is 68.0 cm³/mol. The van der Waals surface area contributed by atoms with Crippen LogP contribution in [0.2, 0.25) is 0 Å². The standard InChI is InChI=1S/C14H15NO2/c1-17-13-5-2-10(3-6-13)11-4-7-14(16)12(8-11)9-15/h2-8,16H,9,15H2,1H3. The molecular weight excluding hydrogens is 214 g/mol. The second kappa shape index (κ2) is 4.89. The maximum absolute atomic E-state index is 9.56. The van der Waals surface area contributed by atoms with E-state index >= 15 is 0 Å². The Labute approximate surface area is 100 Å². The summed E-state index contributed by atoms with van der Waals surface area (Å²) in [7, 11) is 1.64. The Morgan fingerprint density at radius 1 is 1.06 bits per heavy atom. The molecule has 88 valence electrons. The van der Waals surface area contributed by atoms with Crippen molar-refractivity contribution in [3.05, 3.63) is 48.0 Å². The quantitative estimate of drug-likeness (QED) is 0.850. The summed E-state index contributed by atoms with van der Waals surface area (Å²) in [6.07, 6.45) is 0. The molecule has 0 aromatic heterocycles. The van der Waals surface area contributed by atoms with Gasteiger partial charge in [-0.25, -0.2) is 0 Å². The molecule has 3 N–H and O–H groups in total. The zero-order chi connectivity index (χ0) is 12.3. The molecule has 0 aliphatic carbocycles. The molecule has 2 aromatic rings. The van der Waals surface area contributed by atoms with Crippen LogP contribution in [0.4, 0.5) is 0 Å². The van der Waals surface area contributed by atoms with Crippen LogP contribution < -0.4 is 10.5 Å². The second-order valence-corrected chi connectivity index (χ2v) is 3.78. The summed E-state index contributed by atoms with van der Waals surface area (Å²) < 4.78 is 5.11. The van der Waals surface area contributed by atoms with Crippen LogP contribution in [-0.4, -0.2) is 12.2 Å². The van der Waals surface area contributed by atoms with Crippen molar-refractivity contribution < 1.29 is 9.84 Å². The lowest BCUT2D eigenvalue weighted by Crippen LogP contribution is -1.96. The second-order valence-electron chi connectivity index (χ2n) is 3.78. The fourth-order valence-corrected chi connectivity index (χ4v) is 1.71. The van der Waals surface area contributed by atoms with Gasteiger partial charge in [0.15, 0.2) is 0 Å². The van der Waals surface area contributed by atoms with Gasteiger partial charge in [-0.15, -0.1) is 0 Å². The van der Waals surface area contributed by atoms with Crippen LogP contribution in [0, 0.1) is 0 Å². The number of methoxy groups -OCH3 is 1. The number of ether oxygens (including phenoxy) is 1. The number of phenolic OH excluding ortho intramolecular Hbond substituents is 1. The van der Waals surface area contributed by atoms with Gasteiger partial charge in [0.05, 0.1) is 7.11 Å². The lowest BCUT2D eigenvalue weighted by molar-refractivity contribution is 0.415. The van der Waals surface area contributed by atoms with E-state index in [0.29, 0.717) is 6.54 Å². The van der Waals surface area contributed by atoms with Gasteiger partial charge in [0.2, 0.25) is 0 Å². The fourth-order valence-electron chi connectivity index (χ4n) is 1.71. The van der Waals surface area contributed by atoms with E-state index in [4.69, 9.17) is 10.5 Å². The van der Waals surface area contributed by atoms with E-state index in [2.05, 4.69) is 0 Å². The van der Waals surface area contributed by atoms with Crippen LogP contribution in [0.1, 0.15) is 5.56 Å². The van der Waals surface area contributed by atoms with Crippen LogP contribution in [-0.2, 0) is 6.54 Å². The molecule has 0 saturated heterocycles. The molecule has 0 heterocycles. The number of hydrogen-bond donors (Lipinski definition) is 2. The van der Waals surface area contributed by atoms with Crippen molar-refractivity contribution in [2.75, 3.05) is 7.11 Å². The zero-order valence-electron chi connectivity index (χ0n) is 9.68. The highest BCUT2D eigenvalue weighted by atomic mass is 16.5. The van der Waals surface area contributed by atoms with Gasteiger partial charge in [-0.1, -0.05) is 18.2 Å². The number of benzene rings is 2. The Balaban J connectivity index is 2.38. The Kier molecular flexibility index (Phi) is 3.30. The molecule has 0 fully saturated rings.